The van der Waals surface area contributed by atoms with E-state index in [4.69, 9.17) is 4.74 Å². The second kappa shape index (κ2) is 8.10. The van der Waals surface area contributed by atoms with Gasteiger partial charge in [-0.1, -0.05) is 26.7 Å². The molecule has 0 amide bonds. The van der Waals surface area contributed by atoms with Crippen LogP contribution in [-0.4, -0.2) is 25.8 Å². The van der Waals surface area contributed by atoms with Gasteiger partial charge in [-0.3, -0.25) is 0 Å². The van der Waals surface area contributed by atoms with Gasteiger partial charge >= 0.3 is 0 Å². The van der Waals surface area contributed by atoms with Crippen molar-refractivity contribution in [3.8, 4) is 0 Å². The van der Waals surface area contributed by atoms with E-state index in [1.54, 1.807) is 0 Å². The fourth-order valence-electron chi connectivity index (χ4n) is 2.28. The van der Waals surface area contributed by atoms with E-state index in [0.717, 1.165) is 13.2 Å². The average molecular weight is 243 g/mol. The Morgan fingerprint density at radius 3 is 2.12 bits per heavy atom. The molecule has 0 aromatic heterocycles. The van der Waals surface area contributed by atoms with Crippen molar-refractivity contribution < 1.29 is 4.74 Å². The van der Waals surface area contributed by atoms with Crippen molar-refractivity contribution in [2.24, 2.45) is 5.41 Å². The SMILES string of the molecule is CCCCC(CC)(CCOC(C)(C)C)CNC. The smallest absolute Gasteiger partial charge is 0.0598 e. The van der Waals surface area contributed by atoms with Crippen LogP contribution >= 0.6 is 0 Å². The molecule has 0 saturated heterocycles. The van der Waals surface area contributed by atoms with Crippen LogP contribution in [0.3, 0.4) is 0 Å². The molecule has 0 aliphatic carbocycles. The number of unbranched alkanes of at least 4 members (excludes halogenated alkanes) is 1. The first kappa shape index (κ1) is 16.9. The molecule has 2 nitrogen and oxygen atoms in total. The molecule has 0 rings (SSSR count). The number of ether oxygens (including phenoxy) is 1. The molecule has 0 aromatic rings. The molecule has 0 heterocycles. The molecule has 2 heteroatoms. The highest BCUT2D eigenvalue weighted by Gasteiger charge is 2.27. The van der Waals surface area contributed by atoms with Gasteiger partial charge < -0.3 is 10.1 Å². The van der Waals surface area contributed by atoms with Crippen molar-refractivity contribution >= 4 is 0 Å². The Bertz CT molecular complexity index is 186. The highest BCUT2D eigenvalue weighted by atomic mass is 16.5. The fraction of sp³-hybridized carbons (Fsp3) is 1.00. The Balaban J connectivity index is 4.25. The van der Waals surface area contributed by atoms with Crippen LogP contribution in [-0.2, 0) is 4.74 Å². The van der Waals surface area contributed by atoms with E-state index >= 15 is 0 Å². The standard InChI is InChI=1S/C15H33NO/c1-7-9-10-15(8-2,13-16-6)11-12-17-14(3,4)5/h16H,7-13H2,1-6H3. The van der Waals surface area contributed by atoms with Crippen molar-refractivity contribution in [1.82, 2.24) is 5.32 Å². The predicted octanol–water partition coefficient (Wildman–Crippen LogP) is 4.00. The maximum atomic E-state index is 5.89. The van der Waals surface area contributed by atoms with Crippen LogP contribution in [0.2, 0.25) is 0 Å². The van der Waals surface area contributed by atoms with E-state index in [1.807, 2.05) is 0 Å². The quantitative estimate of drug-likeness (QED) is 0.661. The highest BCUT2D eigenvalue weighted by molar-refractivity contribution is 4.80. The van der Waals surface area contributed by atoms with Crippen molar-refractivity contribution in [1.29, 1.82) is 0 Å². The molecule has 0 fully saturated rings. The lowest BCUT2D eigenvalue weighted by atomic mass is 9.77. The summed E-state index contributed by atoms with van der Waals surface area (Å²) in [6, 6.07) is 0. The molecule has 104 valence electrons. The molecule has 0 spiro atoms. The molecular formula is C15H33NO. The molecular weight excluding hydrogens is 210 g/mol. The van der Waals surface area contributed by atoms with Crippen LogP contribution in [0.25, 0.3) is 0 Å². The molecule has 0 bridgehead atoms. The van der Waals surface area contributed by atoms with Gasteiger partial charge in [0.25, 0.3) is 0 Å². The molecule has 1 atom stereocenters. The van der Waals surface area contributed by atoms with E-state index in [2.05, 4.69) is 47.0 Å². The maximum Gasteiger partial charge on any atom is 0.0598 e. The van der Waals surface area contributed by atoms with Crippen LogP contribution in [0.4, 0.5) is 0 Å². The second-order valence-corrected chi connectivity index (χ2v) is 6.20. The molecule has 0 aliphatic heterocycles. The largest absolute Gasteiger partial charge is 0.376 e. The van der Waals surface area contributed by atoms with E-state index in [-0.39, 0.29) is 5.60 Å². The number of rotatable bonds is 9. The van der Waals surface area contributed by atoms with Crippen LogP contribution < -0.4 is 5.32 Å². The van der Waals surface area contributed by atoms with E-state index in [0.29, 0.717) is 5.41 Å². The van der Waals surface area contributed by atoms with Gasteiger partial charge in [0, 0.05) is 13.2 Å². The van der Waals surface area contributed by atoms with Crippen molar-refractivity contribution in [2.45, 2.75) is 72.3 Å². The first-order valence-corrected chi connectivity index (χ1v) is 7.17. The lowest BCUT2D eigenvalue weighted by Crippen LogP contribution is -2.34. The molecule has 0 saturated carbocycles. The zero-order valence-corrected chi connectivity index (χ0v) is 12.9. The summed E-state index contributed by atoms with van der Waals surface area (Å²) in [5.41, 5.74) is 0.417. The van der Waals surface area contributed by atoms with Crippen LogP contribution in [0, 0.1) is 5.41 Å². The zero-order valence-electron chi connectivity index (χ0n) is 12.9. The highest BCUT2D eigenvalue weighted by Crippen LogP contribution is 2.32. The Kier molecular flexibility index (Phi) is 8.06. The summed E-state index contributed by atoms with van der Waals surface area (Å²) in [5, 5.41) is 3.36. The van der Waals surface area contributed by atoms with Gasteiger partial charge in [-0.15, -0.1) is 0 Å². The molecule has 0 aromatic carbocycles. The summed E-state index contributed by atoms with van der Waals surface area (Å²) in [6.07, 6.45) is 6.33. The summed E-state index contributed by atoms with van der Waals surface area (Å²) < 4.78 is 5.89. The van der Waals surface area contributed by atoms with Gasteiger partial charge in [0.05, 0.1) is 5.60 Å². The summed E-state index contributed by atoms with van der Waals surface area (Å²) in [6.45, 7) is 13.0. The van der Waals surface area contributed by atoms with Crippen molar-refractivity contribution in [3.63, 3.8) is 0 Å². The molecule has 0 radical (unpaired) electrons. The number of hydrogen-bond donors (Lipinski definition) is 1. The van der Waals surface area contributed by atoms with Crippen molar-refractivity contribution in [2.75, 3.05) is 20.2 Å². The zero-order chi connectivity index (χ0) is 13.4. The van der Waals surface area contributed by atoms with E-state index < -0.39 is 0 Å². The summed E-state index contributed by atoms with van der Waals surface area (Å²) in [7, 11) is 2.06. The summed E-state index contributed by atoms with van der Waals surface area (Å²) in [5.74, 6) is 0. The van der Waals surface area contributed by atoms with Crippen LogP contribution in [0.1, 0.15) is 66.7 Å². The van der Waals surface area contributed by atoms with E-state index in [1.165, 1.54) is 32.1 Å². The second-order valence-electron chi connectivity index (χ2n) is 6.20. The first-order chi connectivity index (χ1) is 7.89. The third-order valence-corrected chi connectivity index (χ3v) is 3.53. The fourth-order valence-corrected chi connectivity index (χ4v) is 2.28. The Hall–Kier alpha value is -0.0800. The van der Waals surface area contributed by atoms with Gasteiger partial charge in [0.2, 0.25) is 0 Å². The topological polar surface area (TPSA) is 21.3 Å². The Morgan fingerprint density at radius 2 is 1.71 bits per heavy atom. The summed E-state index contributed by atoms with van der Waals surface area (Å²) in [4.78, 5) is 0. The Labute approximate surface area is 109 Å². The molecule has 1 N–H and O–H groups in total. The van der Waals surface area contributed by atoms with Crippen LogP contribution in [0.15, 0.2) is 0 Å². The maximum absolute atomic E-state index is 5.89. The number of hydrogen-bond acceptors (Lipinski definition) is 2. The van der Waals surface area contributed by atoms with Gasteiger partial charge in [0.1, 0.15) is 0 Å². The van der Waals surface area contributed by atoms with Gasteiger partial charge in [0.15, 0.2) is 0 Å². The minimum atomic E-state index is -0.0100. The minimum absolute atomic E-state index is 0.0100. The lowest BCUT2D eigenvalue weighted by molar-refractivity contribution is -0.0206. The molecule has 0 aliphatic rings. The third kappa shape index (κ3) is 7.77. The number of nitrogens with one attached hydrogen (secondary N) is 1. The first-order valence-electron chi connectivity index (χ1n) is 7.17. The molecule has 1 unspecified atom stereocenters. The average Bonchev–Trinajstić information content (AvgIpc) is 2.24. The van der Waals surface area contributed by atoms with Gasteiger partial charge in [-0.25, -0.2) is 0 Å². The third-order valence-electron chi connectivity index (χ3n) is 3.53. The van der Waals surface area contributed by atoms with E-state index in [9.17, 15) is 0 Å². The monoisotopic (exact) mass is 243 g/mol. The Morgan fingerprint density at radius 1 is 1.06 bits per heavy atom. The summed E-state index contributed by atoms with van der Waals surface area (Å²) >= 11 is 0. The minimum Gasteiger partial charge on any atom is -0.376 e. The normalized spacial score (nSPS) is 15.9. The predicted molar refractivity (Wildman–Crippen MR) is 76.5 cm³/mol. The van der Waals surface area contributed by atoms with Gasteiger partial charge in [-0.05, 0) is 52.5 Å². The lowest BCUT2D eigenvalue weighted by Gasteiger charge is -2.34. The van der Waals surface area contributed by atoms with Crippen LogP contribution in [0.5, 0.6) is 0 Å². The van der Waals surface area contributed by atoms with Gasteiger partial charge in [-0.2, -0.15) is 0 Å². The molecule has 17 heavy (non-hydrogen) atoms. The van der Waals surface area contributed by atoms with Crippen molar-refractivity contribution in [3.05, 3.63) is 0 Å².